The Morgan fingerprint density at radius 1 is 1.32 bits per heavy atom. The number of hydrogen-bond donors (Lipinski definition) is 0. The van der Waals surface area contributed by atoms with Gasteiger partial charge in [-0.25, -0.2) is 14.6 Å². The number of carbonyl (C=O) groups is 2. The van der Waals surface area contributed by atoms with E-state index in [0.29, 0.717) is 5.88 Å². The molecule has 0 unspecified atom stereocenters. The van der Waals surface area contributed by atoms with Crippen molar-refractivity contribution in [2.24, 2.45) is 0 Å². The Morgan fingerprint density at radius 2 is 2.04 bits per heavy atom. The minimum absolute atomic E-state index is 0.202. The number of halogens is 1. The lowest BCUT2D eigenvalue weighted by Gasteiger charge is -2.26. The molecule has 1 aromatic heterocycles. The minimum Gasteiger partial charge on any atom is -0.476 e. The van der Waals surface area contributed by atoms with Gasteiger partial charge in [0.05, 0.1) is 13.7 Å². The summed E-state index contributed by atoms with van der Waals surface area (Å²) in [6, 6.07) is 3.64. The van der Waals surface area contributed by atoms with Gasteiger partial charge in [-0.2, -0.15) is 0 Å². The van der Waals surface area contributed by atoms with Gasteiger partial charge in [0, 0.05) is 28.5 Å². The normalized spacial score (nSPS) is 11.2. The largest absolute Gasteiger partial charge is 0.476 e. The van der Waals surface area contributed by atoms with Gasteiger partial charge in [0.2, 0.25) is 5.88 Å². The molecule has 0 aliphatic carbocycles. The molecule has 0 saturated heterocycles. The van der Waals surface area contributed by atoms with E-state index in [9.17, 15) is 9.59 Å². The zero-order valence-corrected chi connectivity index (χ0v) is 17.0. The van der Waals surface area contributed by atoms with Crippen molar-refractivity contribution in [3.05, 3.63) is 34.1 Å². The first-order valence-electron chi connectivity index (χ1n) is 7.68. The Bertz CT molecular complexity index is 596. The van der Waals surface area contributed by atoms with E-state index in [-0.39, 0.29) is 19.7 Å². The maximum Gasteiger partial charge on any atom is 0.410 e. The molecule has 0 aliphatic heterocycles. The first kappa shape index (κ1) is 21.2. The fourth-order valence-electron chi connectivity index (χ4n) is 1.64. The summed E-state index contributed by atoms with van der Waals surface area (Å²) in [6.07, 6.45) is 4.01. The Kier molecular flexibility index (Phi) is 8.67. The lowest BCUT2D eigenvalue weighted by Crippen LogP contribution is -2.39. The van der Waals surface area contributed by atoms with Gasteiger partial charge >= 0.3 is 12.1 Å². The second kappa shape index (κ2) is 10.2. The van der Waals surface area contributed by atoms with Crippen LogP contribution in [0.5, 0.6) is 5.88 Å². The average molecular weight is 462 g/mol. The Balaban J connectivity index is 2.62. The summed E-state index contributed by atoms with van der Waals surface area (Å²) in [5.74, 6) is -0.00173. The molecule has 0 saturated carbocycles. The molecular weight excluding hydrogens is 439 g/mol. The molecule has 0 radical (unpaired) electrons. The van der Waals surface area contributed by atoms with E-state index in [2.05, 4.69) is 32.3 Å². The van der Waals surface area contributed by atoms with Crippen molar-refractivity contribution in [1.82, 2.24) is 9.88 Å². The molecule has 7 nitrogen and oxygen atoms in total. The predicted molar refractivity (Wildman–Crippen MR) is 101 cm³/mol. The van der Waals surface area contributed by atoms with Gasteiger partial charge in [-0.05, 0) is 49.4 Å². The minimum atomic E-state index is -0.611. The lowest BCUT2D eigenvalue weighted by molar-refractivity contribution is -0.134. The third-order valence-corrected chi connectivity index (χ3v) is 3.38. The maximum atomic E-state index is 12.3. The summed E-state index contributed by atoms with van der Waals surface area (Å²) in [5, 5.41) is 0. The molecule has 0 aliphatic rings. The molecule has 1 aromatic rings. The number of esters is 1. The molecule has 8 heteroatoms. The molecule has 0 spiro atoms. The van der Waals surface area contributed by atoms with Gasteiger partial charge in [0.1, 0.15) is 12.2 Å². The van der Waals surface area contributed by atoms with Gasteiger partial charge in [-0.15, -0.1) is 0 Å². The van der Waals surface area contributed by atoms with Crippen molar-refractivity contribution in [3.8, 4) is 5.88 Å². The quantitative estimate of drug-likeness (QED) is 0.352. The summed E-state index contributed by atoms with van der Waals surface area (Å²) in [4.78, 5) is 29.0. The van der Waals surface area contributed by atoms with Crippen LogP contribution < -0.4 is 4.74 Å². The van der Waals surface area contributed by atoms with E-state index in [0.717, 1.165) is 3.57 Å². The number of amides is 1. The lowest BCUT2D eigenvalue weighted by atomic mass is 10.2. The smallest absolute Gasteiger partial charge is 0.410 e. The average Bonchev–Trinajstić information content (AvgIpc) is 2.53. The highest BCUT2D eigenvalue weighted by Crippen LogP contribution is 2.11. The zero-order valence-electron chi connectivity index (χ0n) is 14.8. The molecule has 0 aromatic carbocycles. The first-order valence-corrected chi connectivity index (χ1v) is 8.76. The summed E-state index contributed by atoms with van der Waals surface area (Å²) in [7, 11) is 1.29. The number of pyridine rings is 1. The second-order valence-corrected chi connectivity index (χ2v) is 7.26. The number of methoxy groups -OCH3 is 1. The van der Waals surface area contributed by atoms with Crippen molar-refractivity contribution in [2.75, 3.05) is 26.8 Å². The van der Waals surface area contributed by atoms with Crippen molar-refractivity contribution < 1.29 is 23.8 Å². The van der Waals surface area contributed by atoms with Crippen LogP contribution in [0.2, 0.25) is 0 Å². The number of carbonyl (C=O) groups excluding carboxylic acids is 2. The van der Waals surface area contributed by atoms with Gasteiger partial charge in [0.15, 0.2) is 0 Å². The standard InChI is InChI=1S/C17H23IN2O5/c1-17(2,3)25-16(22)20(9-5-6-15(21)23-4)10-11-24-14-8-7-13(18)12-19-14/h5-8,12H,9-11H2,1-4H3/b6-5+. The molecule has 0 N–H and O–H groups in total. The number of aromatic nitrogens is 1. The number of ether oxygens (including phenoxy) is 3. The van der Waals surface area contributed by atoms with E-state index >= 15 is 0 Å². The number of rotatable bonds is 7. The van der Waals surface area contributed by atoms with Gasteiger partial charge < -0.3 is 19.1 Å². The third-order valence-electron chi connectivity index (χ3n) is 2.74. The third kappa shape index (κ3) is 9.28. The van der Waals surface area contributed by atoms with E-state index in [1.165, 1.54) is 18.1 Å². The molecule has 1 amide bonds. The van der Waals surface area contributed by atoms with Crippen LogP contribution in [0.25, 0.3) is 0 Å². The van der Waals surface area contributed by atoms with Crippen molar-refractivity contribution in [3.63, 3.8) is 0 Å². The molecule has 25 heavy (non-hydrogen) atoms. The number of nitrogens with zero attached hydrogens (tertiary/aromatic N) is 2. The SMILES string of the molecule is COC(=O)/C=C/CN(CCOc1ccc(I)cn1)C(=O)OC(C)(C)C. The van der Waals surface area contributed by atoms with E-state index in [1.807, 2.05) is 6.07 Å². The Labute approximate surface area is 161 Å². The van der Waals surface area contributed by atoms with Crippen LogP contribution >= 0.6 is 22.6 Å². The van der Waals surface area contributed by atoms with E-state index < -0.39 is 17.7 Å². The molecule has 0 atom stereocenters. The van der Waals surface area contributed by atoms with Crippen LogP contribution in [0.15, 0.2) is 30.5 Å². The molecule has 1 rings (SSSR count). The highest BCUT2D eigenvalue weighted by molar-refractivity contribution is 14.1. The van der Waals surface area contributed by atoms with Gasteiger partial charge in [0.25, 0.3) is 0 Å². The molecular formula is C17H23IN2O5. The molecule has 1 heterocycles. The van der Waals surface area contributed by atoms with Crippen LogP contribution in [0.3, 0.4) is 0 Å². The second-order valence-electron chi connectivity index (χ2n) is 6.02. The fourth-order valence-corrected chi connectivity index (χ4v) is 1.95. The Hall–Kier alpha value is -1.84. The fraction of sp³-hybridized carbons (Fsp3) is 0.471. The molecule has 0 fully saturated rings. The Morgan fingerprint density at radius 3 is 2.60 bits per heavy atom. The van der Waals surface area contributed by atoms with E-state index in [4.69, 9.17) is 9.47 Å². The van der Waals surface area contributed by atoms with Crippen LogP contribution in [0.4, 0.5) is 4.79 Å². The van der Waals surface area contributed by atoms with Crippen LogP contribution in [-0.2, 0) is 14.3 Å². The van der Waals surface area contributed by atoms with Crippen molar-refractivity contribution in [1.29, 1.82) is 0 Å². The maximum absolute atomic E-state index is 12.3. The molecule has 0 bridgehead atoms. The van der Waals surface area contributed by atoms with Crippen LogP contribution in [0, 0.1) is 3.57 Å². The van der Waals surface area contributed by atoms with Crippen LogP contribution in [-0.4, -0.2) is 54.4 Å². The molecule has 138 valence electrons. The number of hydrogen-bond acceptors (Lipinski definition) is 6. The van der Waals surface area contributed by atoms with Crippen molar-refractivity contribution >= 4 is 34.7 Å². The van der Waals surface area contributed by atoms with Gasteiger partial charge in [-0.3, -0.25) is 0 Å². The first-order chi connectivity index (χ1) is 11.7. The van der Waals surface area contributed by atoms with Crippen LogP contribution in [0.1, 0.15) is 20.8 Å². The summed E-state index contributed by atoms with van der Waals surface area (Å²) in [6.45, 7) is 6.11. The zero-order chi connectivity index (χ0) is 18.9. The summed E-state index contributed by atoms with van der Waals surface area (Å²) >= 11 is 2.16. The highest BCUT2D eigenvalue weighted by atomic mass is 127. The summed E-state index contributed by atoms with van der Waals surface area (Å²) < 4.78 is 16.4. The predicted octanol–water partition coefficient (Wildman–Crippen LogP) is 3.03. The highest BCUT2D eigenvalue weighted by Gasteiger charge is 2.21. The van der Waals surface area contributed by atoms with Crippen molar-refractivity contribution in [2.45, 2.75) is 26.4 Å². The van der Waals surface area contributed by atoms with Gasteiger partial charge in [-0.1, -0.05) is 6.08 Å². The topological polar surface area (TPSA) is 78.0 Å². The summed E-state index contributed by atoms with van der Waals surface area (Å²) in [5.41, 5.74) is -0.611. The monoisotopic (exact) mass is 462 g/mol. The van der Waals surface area contributed by atoms with E-state index in [1.54, 1.807) is 39.1 Å².